The molecule has 2 N–H and O–H groups in total. The summed E-state index contributed by atoms with van der Waals surface area (Å²) in [4.78, 5) is 56.0. The minimum Gasteiger partial charge on any atom is -0.504 e. The quantitative estimate of drug-likeness (QED) is 0.244. The van der Waals surface area contributed by atoms with E-state index in [1.54, 1.807) is 49.4 Å². The maximum Gasteiger partial charge on any atom is 0.257 e. The van der Waals surface area contributed by atoms with Crippen LogP contribution in [0.2, 0.25) is 0 Å². The van der Waals surface area contributed by atoms with Crippen LogP contribution in [0.1, 0.15) is 42.4 Å². The summed E-state index contributed by atoms with van der Waals surface area (Å²) in [6.07, 6.45) is 3.61. The molecule has 0 radical (unpaired) electrons. The van der Waals surface area contributed by atoms with E-state index in [0.717, 1.165) is 0 Å². The zero-order valence-electron chi connectivity index (χ0n) is 24.1. The Morgan fingerprint density at radius 1 is 0.886 bits per heavy atom. The van der Waals surface area contributed by atoms with E-state index in [0.29, 0.717) is 28.9 Å². The highest BCUT2D eigenvalue weighted by Gasteiger charge is 2.66. The van der Waals surface area contributed by atoms with E-state index < -0.39 is 46.8 Å². The monoisotopic (exact) mass is 589 g/mol. The SMILES string of the molecule is CCOc1cccc([C@H]2C3=CC[C@@H]4C(=O)N(O)C(=O)[C@@H]4[C@@H]3C[C@H]3C(=O)C(c4ccccc4)=CC(=O)[C@@]23c2ccccc2)c1O. The molecule has 4 aliphatic rings. The van der Waals surface area contributed by atoms with E-state index in [4.69, 9.17) is 4.74 Å². The molecule has 1 saturated carbocycles. The van der Waals surface area contributed by atoms with Gasteiger partial charge in [-0.05, 0) is 49.0 Å². The van der Waals surface area contributed by atoms with Crippen LogP contribution in [-0.2, 0) is 24.6 Å². The largest absolute Gasteiger partial charge is 0.504 e. The third-order valence-electron chi connectivity index (χ3n) is 9.99. The highest BCUT2D eigenvalue weighted by molar-refractivity contribution is 6.31. The smallest absolute Gasteiger partial charge is 0.257 e. The zero-order valence-corrected chi connectivity index (χ0v) is 24.1. The fourth-order valence-electron chi connectivity index (χ4n) is 8.25. The van der Waals surface area contributed by atoms with Gasteiger partial charge >= 0.3 is 0 Å². The number of amides is 2. The van der Waals surface area contributed by atoms with Crippen molar-refractivity contribution in [3.63, 3.8) is 0 Å². The number of aromatic hydroxyl groups is 1. The maximum atomic E-state index is 14.9. The molecule has 0 bridgehead atoms. The fourth-order valence-corrected chi connectivity index (χ4v) is 8.25. The standard InChI is InChI=1S/C36H31NO7/c1-2-44-28-15-9-14-24(33(28)40)31-22-16-17-23-30(35(42)37(43)34(23)41)26(22)18-27-32(39)25(20-10-5-3-6-11-20)19-29(38)36(27,31)21-12-7-4-8-13-21/h3-16,19,23,26-27,30-31,40,43H,2,17-18H2,1H3/t23-,26+,27-,30-,31+,36-/m0/s1. The number of hydrogen-bond donors (Lipinski definition) is 2. The van der Waals surface area contributed by atoms with Crippen molar-refractivity contribution >= 4 is 29.0 Å². The second-order valence-corrected chi connectivity index (χ2v) is 11.9. The number of phenols is 1. The normalized spacial score (nSPS) is 29.4. The number of para-hydroxylation sites is 1. The zero-order chi connectivity index (χ0) is 30.7. The van der Waals surface area contributed by atoms with E-state index in [9.17, 15) is 29.5 Å². The number of hydroxylamine groups is 2. The van der Waals surface area contributed by atoms with E-state index in [1.165, 1.54) is 6.08 Å². The van der Waals surface area contributed by atoms with Crippen molar-refractivity contribution in [2.45, 2.75) is 31.1 Å². The van der Waals surface area contributed by atoms with Crippen molar-refractivity contribution < 1.29 is 34.2 Å². The number of ketones is 2. The van der Waals surface area contributed by atoms with Gasteiger partial charge in [0.1, 0.15) is 0 Å². The number of fused-ring (bicyclic) bond motifs is 4. The first-order chi connectivity index (χ1) is 21.3. The molecule has 3 aromatic carbocycles. The Labute approximate surface area is 254 Å². The third kappa shape index (κ3) is 3.80. The first kappa shape index (κ1) is 28.0. The molecule has 1 aliphatic heterocycles. The molecule has 0 aromatic heterocycles. The van der Waals surface area contributed by atoms with Gasteiger partial charge in [0.15, 0.2) is 23.1 Å². The van der Waals surface area contributed by atoms with E-state index in [-0.39, 0.29) is 46.5 Å². The van der Waals surface area contributed by atoms with Crippen LogP contribution in [0, 0.1) is 23.7 Å². The van der Waals surface area contributed by atoms with Crippen LogP contribution in [0.4, 0.5) is 0 Å². The Bertz CT molecular complexity index is 1760. The molecule has 2 fully saturated rings. The first-order valence-corrected chi connectivity index (χ1v) is 14.9. The number of hydrogen-bond acceptors (Lipinski definition) is 7. The highest BCUT2D eigenvalue weighted by Crippen LogP contribution is 2.64. The predicted molar refractivity (Wildman–Crippen MR) is 159 cm³/mol. The van der Waals surface area contributed by atoms with Crippen molar-refractivity contribution in [3.8, 4) is 11.5 Å². The van der Waals surface area contributed by atoms with Gasteiger partial charge in [-0.25, -0.2) is 0 Å². The number of imide groups is 1. The first-order valence-electron chi connectivity index (χ1n) is 14.9. The number of Topliss-reactive ketones (excluding diaryl/α,β-unsaturated/α-hetero) is 1. The molecule has 1 heterocycles. The third-order valence-corrected chi connectivity index (χ3v) is 9.99. The average molecular weight is 590 g/mol. The second kappa shape index (κ2) is 10.4. The lowest BCUT2D eigenvalue weighted by Gasteiger charge is -2.55. The van der Waals surface area contributed by atoms with Crippen molar-refractivity contribution in [3.05, 3.63) is 113 Å². The van der Waals surface area contributed by atoms with Gasteiger partial charge in [0, 0.05) is 23.0 Å². The van der Waals surface area contributed by atoms with Gasteiger partial charge in [-0.3, -0.25) is 24.4 Å². The lowest BCUT2D eigenvalue weighted by Crippen LogP contribution is -2.58. The summed E-state index contributed by atoms with van der Waals surface area (Å²) in [5.74, 6) is -5.89. The molecule has 7 rings (SSSR count). The van der Waals surface area contributed by atoms with Gasteiger partial charge in [0.05, 0.1) is 23.9 Å². The number of allylic oxidation sites excluding steroid dienone is 4. The second-order valence-electron chi connectivity index (χ2n) is 11.9. The van der Waals surface area contributed by atoms with Crippen LogP contribution in [0.15, 0.2) is 96.6 Å². The summed E-state index contributed by atoms with van der Waals surface area (Å²) in [7, 11) is 0. The molecular weight excluding hydrogens is 558 g/mol. The van der Waals surface area contributed by atoms with Crippen LogP contribution >= 0.6 is 0 Å². The Morgan fingerprint density at radius 3 is 2.30 bits per heavy atom. The van der Waals surface area contributed by atoms with Gasteiger partial charge in [-0.2, -0.15) is 5.06 Å². The van der Waals surface area contributed by atoms with Gasteiger partial charge < -0.3 is 9.84 Å². The predicted octanol–water partition coefficient (Wildman–Crippen LogP) is 5.00. The number of benzene rings is 3. The number of nitrogens with zero attached hydrogens (tertiary/aromatic N) is 1. The minimum absolute atomic E-state index is 0.117. The lowest BCUT2D eigenvalue weighted by molar-refractivity contribution is -0.173. The van der Waals surface area contributed by atoms with E-state index >= 15 is 0 Å². The van der Waals surface area contributed by atoms with Gasteiger partial charge in [0.2, 0.25) is 0 Å². The molecule has 44 heavy (non-hydrogen) atoms. The molecular formula is C36H31NO7. The number of phenolic OH excluding ortho intramolecular Hbond substituents is 1. The Kier molecular flexibility index (Phi) is 6.62. The molecule has 0 unspecified atom stereocenters. The number of carbonyl (C=O) groups excluding carboxylic acids is 4. The molecule has 3 aliphatic carbocycles. The number of ether oxygens (including phenoxy) is 1. The molecule has 6 atom stereocenters. The van der Waals surface area contributed by atoms with Crippen LogP contribution in [0.3, 0.4) is 0 Å². The van der Waals surface area contributed by atoms with Crippen molar-refractivity contribution in [2.24, 2.45) is 23.7 Å². The molecule has 0 spiro atoms. The molecule has 8 nitrogen and oxygen atoms in total. The topological polar surface area (TPSA) is 121 Å². The van der Waals surface area contributed by atoms with E-state index in [2.05, 4.69) is 0 Å². The molecule has 2 amide bonds. The lowest BCUT2D eigenvalue weighted by atomic mass is 9.44. The molecule has 8 heteroatoms. The number of rotatable bonds is 5. The summed E-state index contributed by atoms with van der Waals surface area (Å²) < 4.78 is 5.74. The van der Waals surface area contributed by atoms with Gasteiger partial charge in [-0.1, -0.05) is 84.4 Å². The average Bonchev–Trinajstić information content (AvgIpc) is 3.27. The van der Waals surface area contributed by atoms with Crippen LogP contribution in [0.25, 0.3) is 5.57 Å². The van der Waals surface area contributed by atoms with Crippen LogP contribution < -0.4 is 4.74 Å². The fraction of sp³-hybridized carbons (Fsp3) is 0.278. The highest BCUT2D eigenvalue weighted by atomic mass is 16.5. The van der Waals surface area contributed by atoms with Crippen LogP contribution in [0.5, 0.6) is 11.5 Å². The van der Waals surface area contributed by atoms with Gasteiger partial charge in [0.25, 0.3) is 11.8 Å². The summed E-state index contributed by atoms with van der Waals surface area (Å²) in [5, 5.41) is 22.3. The van der Waals surface area contributed by atoms with Crippen molar-refractivity contribution in [2.75, 3.05) is 6.61 Å². The van der Waals surface area contributed by atoms with Crippen molar-refractivity contribution in [1.82, 2.24) is 5.06 Å². The van der Waals surface area contributed by atoms with E-state index in [1.807, 2.05) is 42.5 Å². The molecule has 1 saturated heterocycles. The summed E-state index contributed by atoms with van der Waals surface area (Å²) in [5.41, 5.74) is 1.16. The van der Waals surface area contributed by atoms with Crippen LogP contribution in [-0.4, -0.2) is 45.4 Å². The summed E-state index contributed by atoms with van der Waals surface area (Å²) in [6, 6.07) is 23.3. The van der Waals surface area contributed by atoms with Crippen molar-refractivity contribution in [1.29, 1.82) is 0 Å². The Morgan fingerprint density at radius 2 is 1.59 bits per heavy atom. The number of carbonyl (C=O) groups is 4. The molecule has 3 aromatic rings. The molecule has 222 valence electrons. The summed E-state index contributed by atoms with van der Waals surface area (Å²) in [6.45, 7) is 2.10. The maximum absolute atomic E-state index is 14.9. The summed E-state index contributed by atoms with van der Waals surface area (Å²) >= 11 is 0. The minimum atomic E-state index is -1.46. The Hall–Kier alpha value is -4.82. The Balaban J connectivity index is 1.54. The van der Waals surface area contributed by atoms with Gasteiger partial charge in [-0.15, -0.1) is 0 Å².